The number of aryl methyl sites for hydroxylation is 2. The van der Waals surface area contributed by atoms with Gasteiger partial charge in [0.05, 0.1) is 16.1 Å². The second-order valence-electron chi connectivity index (χ2n) is 7.38. The van der Waals surface area contributed by atoms with E-state index in [0.717, 1.165) is 28.1 Å². The third-order valence-corrected chi connectivity index (χ3v) is 6.81. The number of halogens is 4. The first-order valence-electron chi connectivity index (χ1n) is 9.70. The topological polar surface area (TPSA) is 66.5 Å². The molecule has 10 heteroatoms. The number of amides is 1. The number of alkyl halides is 3. The largest absolute Gasteiger partial charge is 0.416 e. The third-order valence-electron chi connectivity index (χ3n) is 4.80. The van der Waals surface area contributed by atoms with Crippen molar-refractivity contribution < 1.29 is 26.4 Å². The molecule has 0 saturated heterocycles. The molecule has 174 valence electrons. The summed E-state index contributed by atoms with van der Waals surface area (Å²) in [4.78, 5) is 12.7. The van der Waals surface area contributed by atoms with Gasteiger partial charge in [-0.1, -0.05) is 35.4 Å². The lowest BCUT2D eigenvalue weighted by atomic mass is 10.2. The first-order chi connectivity index (χ1) is 15.4. The first-order valence-corrected chi connectivity index (χ1v) is 11.5. The van der Waals surface area contributed by atoms with Gasteiger partial charge in [0.15, 0.2) is 0 Å². The molecular formula is C23H20ClF3N2O3S. The van der Waals surface area contributed by atoms with Crippen LogP contribution in [0.4, 0.5) is 24.5 Å². The minimum absolute atomic E-state index is 0.0330. The second kappa shape index (κ2) is 9.44. The first kappa shape index (κ1) is 24.6. The molecule has 3 rings (SSSR count). The van der Waals surface area contributed by atoms with Crippen molar-refractivity contribution in [1.29, 1.82) is 0 Å². The molecule has 0 unspecified atom stereocenters. The molecule has 5 nitrogen and oxygen atoms in total. The molecule has 0 spiro atoms. The Morgan fingerprint density at radius 1 is 1.00 bits per heavy atom. The molecule has 0 radical (unpaired) electrons. The van der Waals surface area contributed by atoms with E-state index in [-0.39, 0.29) is 16.3 Å². The van der Waals surface area contributed by atoms with E-state index in [9.17, 15) is 26.4 Å². The Morgan fingerprint density at radius 3 is 2.27 bits per heavy atom. The molecule has 0 bridgehead atoms. The molecule has 0 aliphatic rings. The molecule has 0 aliphatic heterocycles. The van der Waals surface area contributed by atoms with Crippen LogP contribution < -0.4 is 9.62 Å². The van der Waals surface area contributed by atoms with Gasteiger partial charge in [0.1, 0.15) is 6.54 Å². The van der Waals surface area contributed by atoms with Crippen molar-refractivity contribution in [3.8, 4) is 0 Å². The van der Waals surface area contributed by atoms with E-state index in [2.05, 4.69) is 5.32 Å². The molecule has 1 N–H and O–H groups in total. The number of benzene rings is 3. The molecule has 33 heavy (non-hydrogen) atoms. The summed E-state index contributed by atoms with van der Waals surface area (Å²) in [5, 5.41) is 2.73. The maximum atomic E-state index is 13.4. The molecule has 0 atom stereocenters. The van der Waals surface area contributed by atoms with Gasteiger partial charge in [-0.15, -0.1) is 0 Å². The number of sulfonamides is 1. The van der Waals surface area contributed by atoms with Gasteiger partial charge in [-0.3, -0.25) is 9.10 Å². The van der Waals surface area contributed by atoms with Crippen LogP contribution in [0.2, 0.25) is 5.02 Å². The van der Waals surface area contributed by atoms with E-state index in [1.807, 2.05) is 0 Å². The zero-order valence-electron chi connectivity index (χ0n) is 17.7. The Morgan fingerprint density at radius 2 is 1.67 bits per heavy atom. The third kappa shape index (κ3) is 5.85. The van der Waals surface area contributed by atoms with Gasteiger partial charge in [-0.25, -0.2) is 8.42 Å². The van der Waals surface area contributed by atoms with E-state index in [0.29, 0.717) is 10.6 Å². The summed E-state index contributed by atoms with van der Waals surface area (Å²) in [6.07, 6.45) is -4.58. The number of hydrogen-bond donors (Lipinski definition) is 1. The number of carbonyl (C=O) groups is 1. The predicted octanol–water partition coefficient (Wildman–Crippen LogP) is 5.81. The highest BCUT2D eigenvalue weighted by atomic mass is 35.5. The molecular weight excluding hydrogens is 477 g/mol. The number of rotatable bonds is 6. The van der Waals surface area contributed by atoms with Crippen LogP contribution >= 0.6 is 11.6 Å². The van der Waals surface area contributed by atoms with Crippen LogP contribution in [-0.2, 0) is 21.0 Å². The average Bonchev–Trinajstić information content (AvgIpc) is 2.72. The fourth-order valence-corrected chi connectivity index (χ4v) is 4.85. The summed E-state index contributed by atoms with van der Waals surface area (Å²) in [6.45, 7) is 2.79. The Labute approximate surface area is 194 Å². The highest BCUT2D eigenvalue weighted by Crippen LogP contribution is 2.31. The summed E-state index contributed by atoms with van der Waals surface area (Å²) in [7, 11) is -4.18. The van der Waals surface area contributed by atoms with Gasteiger partial charge in [-0.2, -0.15) is 13.2 Å². The molecule has 0 saturated carbocycles. The van der Waals surface area contributed by atoms with E-state index >= 15 is 0 Å². The monoisotopic (exact) mass is 496 g/mol. The molecule has 1 amide bonds. The van der Waals surface area contributed by atoms with Gasteiger partial charge >= 0.3 is 6.18 Å². The summed E-state index contributed by atoms with van der Waals surface area (Å²) >= 11 is 6.00. The molecule has 3 aromatic carbocycles. The van der Waals surface area contributed by atoms with Crippen LogP contribution in [0.1, 0.15) is 16.7 Å². The van der Waals surface area contributed by atoms with Crippen molar-refractivity contribution in [3.05, 3.63) is 88.4 Å². The maximum absolute atomic E-state index is 13.4. The van der Waals surface area contributed by atoms with E-state index in [4.69, 9.17) is 11.6 Å². The Kier molecular flexibility index (Phi) is 7.04. The van der Waals surface area contributed by atoms with E-state index < -0.39 is 34.2 Å². The lowest BCUT2D eigenvalue weighted by Gasteiger charge is -2.26. The lowest BCUT2D eigenvalue weighted by Crippen LogP contribution is -2.38. The van der Waals surface area contributed by atoms with Gasteiger partial charge in [0.25, 0.3) is 10.0 Å². The fourth-order valence-electron chi connectivity index (χ4n) is 3.14. The van der Waals surface area contributed by atoms with Gasteiger partial charge in [0, 0.05) is 10.7 Å². The predicted molar refractivity (Wildman–Crippen MR) is 122 cm³/mol. The van der Waals surface area contributed by atoms with E-state index in [1.165, 1.54) is 30.3 Å². The quantitative estimate of drug-likeness (QED) is 0.468. The number of nitrogens with zero attached hydrogens (tertiary/aromatic N) is 1. The zero-order chi connectivity index (χ0) is 24.4. The second-order valence-corrected chi connectivity index (χ2v) is 9.68. The molecule has 0 heterocycles. The lowest BCUT2D eigenvalue weighted by molar-refractivity contribution is -0.137. The minimum atomic E-state index is -4.58. The van der Waals surface area contributed by atoms with Crippen molar-refractivity contribution in [2.24, 2.45) is 0 Å². The zero-order valence-corrected chi connectivity index (χ0v) is 19.2. The molecule has 0 aliphatic carbocycles. The summed E-state index contributed by atoms with van der Waals surface area (Å²) < 4.78 is 66.7. The minimum Gasteiger partial charge on any atom is -0.325 e. The average molecular weight is 497 g/mol. The van der Waals surface area contributed by atoms with Crippen molar-refractivity contribution >= 4 is 38.9 Å². The van der Waals surface area contributed by atoms with Crippen LogP contribution in [0.5, 0.6) is 0 Å². The number of carbonyl (C=O) groups excluding carboxylic acids is 1. The van der Waals surface area contributed by atoms with Crippen molar-refractivity contribution in [1.82, 2.24) is 0 Å². The van der Waals surface area contributed by atoms with Gasteiger partial charge in [-0.05, 0) is 67.9 Å². The molecule has 0 fully saturated rings. The van der Waals surface area contributed by atoms with Crippen molar-refractivity contribution in [3.63, 3.8) is 0 Å². The van der Waals surface area contributed by atoms with Crippen LogP contribution in [0.25, 0.3) is 0 Å². The normalized spacial score (nSPS) is 11.8. The van der Waals surface area contributed by atoms with Gasteiger partial charge < -0.3 is 5.32 Å². The Hall–Kier alpha value is -3.04. The standard InChI is InChI=1S/C23H20ClF3N2O3S/c1-15-6-9-20(10-7-15)33(31,32)29(21-11-8-18(24)12-16(21)2)14-22(30)28-19-5-3-4-17(13-19)23(25,26)27/h3-13H,14H2,1-2H3,(H,28,30). The van der Waals surface area contributed by atoms with Crippen LogP contribution in [0, 0.1) is 13.8 Å². The SMILES string of the molecule is Cc1ccc(S(=O)(=O)N(CC(=O)Nc2cccc(C(F)(F)F)c2)c2ccc(Cl)cc2C)cc1. The smallest absolute Gasteiger partial charge is 0.325 e. The highest BCUT2D eigenvalue weighted by Gasteiger charge is 2.31. The number of hydrogen-bond acceptors (Lipinski definition) is 3. The highest BCUT2D eigenvalue weighted by molar-refractivity contribution is 7.92. The maximum Gasteiger partial charge on any atom is 0.416 e. The number of anilines is 2. The summed E-state index contributed by atoms with van der Waals surface area (Å²) in [5.41, 5.74) is 0.544. The number of nitrogens with one attached hydrogen (secondary N) is 1. The fraction of sp³-hybridized carbons (Fsp3) is 0.174. The van der Waals surface area contributed by atoms with Gasteiger partial charge in [0.2, 0.25) is 5.91 Å². The summed E-state index contributed by atoms with van der Waals surface area (Å²) in [6, 6.07) is 14.7. The van der Waals surface area contributed by atoms with Crippen LogP contribution in [0.3, 0.4) is 0 Å². The van der Waals surface area contributed by atoms with Crippen LogP contribution in [-0.4, -0.2) is 20.9 Å². The molecule has 3 aromatic rings. The van der Waals surface area contributed by atoms with E-state index in [1.54, 1.807) is 32.0 Å². The van der Waals surface area contributed by atoms with Crippen LogP contribution in [0.15, 0.2) is 71.6 Å². The van der Waals surface area contributed by atoms with Crippen molar-refractivity contribution in [2.75, 3.05) is 16.2 Å². The van der Waals surface area contributed by atoms with Crippen molar-refractivity contribution in [2.45, 2.75) is 24.9 Å². The Bertz CT molecular complexity index is 1280. The summed E-state index contributed by atoms with van der Waals surface area (Å²) in [5.74, 6) is -0.806. The Balaban J connectivity index is 1.97. The molecule has 0 aromatic heterocycles.